The monoisotopic (exact) mass is 307 g/mol. The van der Waals surface area contributed by atoms with E-state index >= 15 is 0 Å². The molecule has 0 radical (unpaired) electrons. The summed E-state index contributed by atoms with van der Waals surface area (Å²) in [4.78, 5) is 12.5. The van der Waals surface area contributed by atoms with Crippen molar-refractivity contribution in [1.29, 1.82) is 0 Å². The first-order valence-electron chi connectivity index (χ1n) is 7.65. The van der Waals surface area contributed by atoms with Crippen molar-refractivity contribution in [3.63, 3.8) is 0 Å². The zero-order valence-electron chi connectivity index (χ0n) is 12.3. The fraction of sp³-hybridized carbons (Fsp3) is 0.562. The number of aryl methyl sites for hydroxylation is 1. The van der Waals surface area contributed by atoms with Gasteiger partial charge in [0.15, 0.2) is 5.78 Å². The lowest BCUT2D eigenvalue weighted by Gasteiger charge is -2.26. The number of Topliss-reactive ketones (excluding diaryl/α,β-unsaturated/α-hetero) is 1. The fourth-order valence-electron chi connectivity index (χ4n) is 2.86. The van der Waals surface area contributed by atoms with Crippen molar-refractivity contribution in [2.45, 2.75) is 43.9 Å². The smallest absolute Gasteiger partial charge is 0.243 e. The second-order valence-electron chi connectivity index (χ2n) is 6.08. The van der Waals surface area contributed by atoms with E-state index in [1.165, 1.54) is 0 Å². The highest BCUT2D eigenvalue weighted by Crippen LogP contribution is 2.34. The number of nitrogens with zero attached hydrogens (tertiary/aromatic N) is 1. The molecule has 0 atom stereocenters. The Morgan fingerprint density at radius 1 is 1.14 bits per heavy atom. The maximum atomic E-state index is 12.8. The van der Waals surface area contributed by atoms with Crippen LogP contribution >= 0.6 is 0 Å². The number of benzene rings is 1. The second-order valence-corrected chi connectivity index (χ2v) is 7.99. The number of ketones is 1. The maximum absolute atomic E-state index is 12.8. The van der Waals surface area contributed by atoms with Crippen LogP contribution in [0.2, 0.25) is 0 Å². The van der Waals surface area contributed by atoms with Crippen molar-refractivity contribution >= 4 is 15.8 Å². The zero-order valence-corrected chi connectivity index (χ0v) is 13.2. The normalized spacial score (nSPS) is 20.4. The van der Waals surface area contributed by atoms with Gasteiger partial charge < -0.3 is 0 Å². The van der Waals surface area contributed by atoms with E-state index in [9.17, 15) is 13.2 Å². The zero-order chi connectivity index (χ0) is 15.0. The van der Waals surface area contributed by atoms with E-state index < -0.39 is 10.0 Å². The van der Waals surface area contributed by atoms with Crippen molar-refractivity contribution < 1.29 is 13.2 Å². The predicted octanol–water partition coefficient (Wildman–Crippen LogP) is 2.76. The quantitative estimate of drug-likeness (QED) is 0.804. The summed E-state index contributed by atoms with van der Waals surface area (Å²) in [7, 11) is -3.47. The highest BCUT2D eigenvalue weighted by atomic mass is 32.2. The van der Waals surface area contributed by atoms with Crippen molar-refractivity contribution in [1.82, 2.24) is 4.31 Å². The molecular formula is C16H21NO3S. The lowest BCUT2D eigenvalue weighted by molar-refractivity contribution is 0.0967. The molecule has 21 heavy (non-hydrogen) atoms. The van der Waals surface area contributed by atoms with E-state index in [4.69, 9.17) is 0 Å². The third-order valence-corrected chi connectivity index (χ3v) is 6.39. The Bertz CT molecular complexity index is 656. The molecule has 0 spiro atoms. The van der Waals surface area contributed by atoms with E-state index in [1.807, 2.05) is 0 Å². The lowest BCUT2D eigenvalue weighted by atomic mass is 10.1. The summed E-state index contributed by atoms with van der Waals surface area (Å²) < 4.78 is 27.1. The van der Waals surface area contributed by atoms with E-state index in [-0.39, 0.29) is 11.7 Å². The molecule has 1 saturated heterocycles. The molecule has 2 aliphatic rings. The van der Waals surface area contributed by atoms with Crippen molar-refractivity contribution in [3.05, 3.63) is 29.3 Å². The van der Waals surface area contributed by atoms with E-state index in [0.717, 1.165) is 32.1 Å². The molecule has 3 rings (SSSR count). The minimum Gasteiger partial charge on any atom is -0.294 e. The number of piperidine rings is 1. The van der Waals surface area contributed by atoms with Gasteiger partial charge in [0.2, 0.25) is 10.0 Å². The molecule has 1 saturated carbocycles. The van der Waals surface area contributed by atoms with Gasteiger partial charge in [-0.1, -0.05) is 18.6 Å². The first-order valence-corrected chi connectivity index (χ1v) is 9.09. The molecule has 0 unspecified atom stereocenters. The van der Waals surface area contributed by atoms with Crippen LogP contribution in [0.5, 0.6) is 0 Å². The van der Waals surface area contributed by atoms with Crippen LogP contribution < -0.4 is 0 Å². The molecule has 1 aliphatic heterocycles. The third-order valence-electron chi connectivity index (χ3n) is 4.35. The number of rotatable bonds is 4. The van der Waals surface area contributed by atoms with Gasteiger partial charge >= 0.3 is 0 Å². The molecule has 114 valence electrons. The molecule has 2 fully saturated rings. The summed E-state index contributed by atoms with van der Waals surface area (Å²) in [5.41, 5.74) is 1.26. The third kappa shape index (κ3) is 2.90. The summed E-state index contributed by atoms with van der Waals surface area (Å²) in [5, 5.41) is 0. The Morgan fingerprint density at radius 2 is 1.81 bits per heavy atom. The summed E-state index contributed by atoms with van der Waals surface area (Å²) >= 11 is 0. The first-order chi connectivity index (χ1) is 10.00. The Kier molecular flexibility index (Phi) is 3.88. The predicted molar refractivity (Wildman–Crippen MR) is 80.8 cm³/mol. The highest BCUT2D eigenvalue weighted by Gasteiger charge is 2.32. The Balaban J connectivity index is 1.96. The Morgan fingerprint density at radius 3 is 2.43 bits per heavy atom. The van der Waals surface area contributed by atoms with Gasteiger partial charge in [0.1, 0.15) is 0 Å². The molecule has 0 N–H and O–H groups in total. The van der Waals surface area contributed by atoms with Gasteiger partial charge in [-0.3, -0.25) is 4.79 Å². The van der Waals surface area contributed by atoms with Crippen molar-refractivity contribution in [2.24, 2.45) is 5.92 Å². The molecule has 1 aromatic carbocycles. The number of sulfonamides is 1. The number of hydrogen-bond donors (Lipinski definition) is 0. The van der Waals surface area contributed by atoms with Crippen LogP contribution in [-0.4, -0.2) is 31.6 Å². The van der Waals surface area contributed by atoms with Gasteiger partial charge in [-0.15, -0.1) is 0 Å². The summed E-state index contributed by atoms with van der Waals surface area (Å²) in [5.74, 6) is 0.198. The topological polar surface area (TPSA) is 54.5 Å². The van der Waals surface area contributed by atoms with Crippen LogP contribution in [0.4, 0.5) is 0 Å². The average molecular weight is 307 g/mol. The van der Waals surface area contributed by atoms with Gasteiger partial charge in [0.25, 0.3) is 0 Å². The SMILES string of the molecule is Cc1ccc(C(=O)C2CC2)cc1S(=O)(=O)N1CCCCC1. The van der Waals surface area contributed by atoms with Crippen LogP contribution in [0.15, 0.2) is 23.1 Å². The number of hydrogen-bond acceptors (Lipinski definition) is 3. The highest BCUT2D eigenvalue weighted by molar-refractivity contribution is 7.89. The van der Waals surface area contributed by atoms with Crippen LogP contribution in [0.3, 0.4) is 0 Å². The molecule has 1 aromatic rings. The van der Waals surface area contributed by atoms with Gasteiger partial charge in [0, 0.05) is 24.6 Å². The molecule has 0 bridgehead atoms. The lowest BCUT2D eigenvalue weighted by Crippen LogP contribution is -2.36. The molecule has 4 nitrogen and oxygen atoms in total. The van der Waals surface area contributed by atoms with Crippen molar-refractivity contribution in [2.75, 3.05) is 13.1 Å². The molecule has 0 amide bonds. The average Bonchev–Trinajstić information content (AvgIpc) is 3.32. The van der Waals surface area contributed by atoms with Gasteiger partial charge in [-0.05, 0) is 44.2 Å². The summed E-state index contributed by atoms with van der Waals surface area (Å²) in [6, 6.07) is 5.09. The van der Waals surface area contributed by atoms with Crippen LogP contribution in [0.25, 0.3) is 0 Å². The Hall–Kier alpha value is -1.20. The molecule has 1 heterocycles. The molecule has 0 aromatic heterocycles. The standard InChI is InChI=1S/C16H21NO3S/c1-12-5-6-14(16(18)13-7-8-13)11-15(12)21(19,20)17-9-3-2-4-10-17/h5-6,11,13H,2-4,7-10H2,1H3. The summed E-state index contributed by atoms with van der Waals surface area (Å²) in [6.45, 7) is 2.97. The largest absolute Gasteiger partial charge is 0.294 e. The van der Waals surface area contributed by atoms with E-state index in [1.54, 1.807) is 29.4 Å². The van der Waals surface area contributed by atoms with Crippen LogP contribution in [0.1, 0.15) is 48.0 Å². The minimum absolute atomic E-state index is 0.0881. The van der Waals surface area contributed by atoms with Crippen LogP contribution in [0, 0.1) is 12.8 Å². The minimum atomic E-state index is -3.47. The number of carbonyl (C=O) groups is 1. The van der Waals surface area contributed by atoms with Gasteiger partial charge in [0.05, 0.1) is 4.90 Å². The molecule has 5 heteroatoms. The van der Waals surface area contributed by atoms with Gasteiger partial charge in [-0.2, -0.15) is 4.31 Å². The molecule has 1 aliphatic carbocycles. The number of carbonyl (C=O) groups excluding carboxylic acids is 1. The second kappa shape index (κ2) is 5.54. The molecular weight excluding hydrogens is 286 g/mol. The van der Waals surface area contributed by atoms with Crippen molar-refractivity contribution in [3.8, 4) is 0 Å². The summed E-state index contributed by atoms with van der Waals surface area (Å²) in [6.07, 6.45) is 4.78. The van der Waals surface area contributed by atoms with Gasteiger partial charge in [-0.25, -0.2) is 8.42 Å². The Labute approximate surface area is 126 Å². The first kappa shape index (κ1) is 14.7. The van der Waals surface area contributed by atoms with Crippen LogP contribution in [-0.2, 0) is 10.0 Å². The fourth-order valence-corrected chi connectivity index (χ4v) is 4.62. The van der Waals surface area contributed by atoms with E-state index in [2.05, 4.69) is 0 Å². The maximum Gasteiger partial charge on any atom is 0.243 e. The van der Waals surface area contributed by atoms with E-state index in [0.29, 0.717) is 29.1 Å².